The van der Waals surface area contributed by atoms with Gasteiger partial charge in [-0.05, 0) is 6.04 Å². The van der Waals surface area contributed by atoms with Gasteiger partial charge in [0.1, 0.15) is 6.04 Å². The summed E-state index contributed by atoms with van der Waals surface area (Å²) >= 11 is 0. The molecule has 98 valence electrons. The average molecular weight is 266 g/mol. The zero-order valence-corrected chi connectivity index (χ0v) is 11.5. The molecule has 0 saturated heterocycles. The molecular formula is C12H18N2O3Si. The Bertz CT molecular complexity index is 434. The average Bonchev–Trinajstić information content (AvgIpc) is 2.28. The van der Waals surface area contributed by atoms with E-state index in [0.29, 0.717) is 6.04 Å². The smallest absolute Gasteiger partial charge is 0.325 e. The highest BCUT2D eigenvalue weighted by molar-refractivity contribution is 6.90. The lowest BCUT2D eigenvalue weighted by Crippen LogP contribution is -2.52. The predicted molar refractivity (Wildman–Crippen MR) is 72.5 cm³/mol. The van der Waals surface area contributed by atoms with Crippen molar-refractivity contribution >= 4 is 25.3 Å². The number of amides is 2. The number of nitrogens with two attached hydrogens (primary N) is 1. The number of primary amides is 1. The molecule has 1 aromatic rings. The van der Waals surface area contributed by atoms with E-state index in [4.69, 9.17) is 10.8 Å². The van der Waals surface area contributed by atoms with Gasteiger partial charge in [-0.15, -0.1) is 0 Å². The van der Waals surface area contributed by atoms with Crippen molar-refractivity contribution in [1.82, 2.24) is 5.32 Å². The number of carboxylic acid groups (broad SMARTS) is 1. The van der Waals surface area contributed by atoms with E-state index in [9.17, 15) is 9.59 Å². The van der Waals surface area contributed by atoms with Crippen LogP contribution in [0, 0.1) is 0 Å². The monoisotopic (exact) mass is 266 g/mol. The molecule has 0 bridgehead atoms. The van der Waals surface area contributed by atoms with Crippen LogP contribution in [0.1, 0.15) is 0 Å². The zero-order chi connectivity index (χ0) is 13.8. The number of carboxylic acids is 1. The molecule has 0 unspecified atom stereocenters. The van der Waals surface area contributed by atoms with Crippen LogP contribution in [0.5, 0.6) is 0 Å². The number of hydrogen-bond acceptors (Lipinski definition) is 2. The summed E-state index contributed by atoms with van der Waals surface area (Å²) in [6, 6.07) is 8.46. The van der Waals surface area contributed by atoms with E-state index in [1.807, 2.05) is 30.3 Å². The fourth-order valence-electron chi connectivity index (χ4n) is 1.89. The minimum absolute atomic E-state index is 0.412. The van der Waals surface area contributed by atoms with Crippen molar-refractivity contribution in [3.05, 3.63) is 30.3 Å². The minimum atomic E-state index is -1.92. The largest absolute Gasteiger partial charge is 0.480 e. The molecule has 1 rings (SSSR count). The molecule has 0 radical (unpaired) electrons. The molecule has 0 fully saturated rings. The molecule has 1 atom stereocenters. The molecule has 0 aliphatic carbocycles. The first-order valence-electron chi connectivity index (χ1n) is 5.67. The second kappa shape index (κ2) is 5.68. The van der Waals surface area contributed by atoms with E-state index >= 15 is 0 Å². The molecule has 0 aliphatic rings. The van der Waals surface area contributed by atoms with Crippen molar-refractivity contribution < 1.29 is 14.7 Å². The lowest BCUT2D eigenvalue weighted by Gasteiger charge is -2.26. The summed E-state index contributed by atoms with van der Waals surface area (Å²) in [5.41, 5.74) is 4.99. The SMILES string of the molecule is C[Si](C)(C[C@@H](NC(N)=O)C(=O)O)c1ccccc1. The maximum Gasteiger partial charge on any atom is 0.325 e. The third-order valence-electron chi connectivity index (χ3n) is 2.88. The lowest BCUT2D eigenvalue weighted by molar-refractivity contribution is -0.138. The van der Waals surface area contributed by atoms with Gasteiger partial charge in [0.05, 0.1) is 8.07 Å². The standard InChI is InChI=1S/C12H18N2O3Si/c1-18(2,9-6-4-3-5-7-9)8-10(11(15)16)14-12(13)17/h3-7,10H,8H2,1-2H3,(H,15,16)(H3,13,14,17)/t10-/m1/s1. The first-order chi connectivity index (χ1) is 8.33. The zero-order valence-electron chi connectivity index (χ0n) is 10.5. The van der Waals surface area contributed by atoms with Crippen LogP contribution in [0.15, 0.2) is 30.3 Å². The van der Waals surface area contributed by atoms with Gasteiger partial charge >= 0.3 is 12.0 Å². The number of nitrogens with one attached hydrogen (secondary N) is 1. The molecule has 0 heterocycles. The van der Waals surface area contributed by atoms with Crippen molar-refractivity contribution in [1.29, 1.82) is 0 Å². The van der Waals surface area contributed by atoms with Gasteiger partial charge in [-0.2, -0.15) is 0 Å². The summed E-state index contributed by atoms with van der Waals surface area (Å²) in [6.45, 7) is 4.14. The Morgan fingerprint density at radius 3 is 2.33 bits per heavy atom. The fraction of sp³-hybridized carbons (Fsp3) is 0.333. The summed E-state index contributed by atoms with van der Waals surface area (Å²) in [7, 11) is -1.92. The van der Waals surface area contributed by atoms with Crippen LogP contribution in [0.2, 0.25) is 19.1 Å². The highest BCUT2D eigenvalue weighted by Crippen LogP contribution is 2.13. The molecule has 18 heavy (non-hydrogen) atoms. The van der Waals surface area contributed by atoms with Crippen LogP contribution < -0.4 is 16.2 Å². The van der Waals surface area contributed by atoms with Crippen molar-refractivity contribution in [3.8, 4) is 0 Å². The molecule has 0 aromatic heterocycles. The van der Waals surface area contributed by atoms with Gasteiger partial charge in [-0.1, -0.05) is 48.6 Å². The van der Waals surface area contributed by atoms with Crippen molar-refractivity contribution in [3.63, 3.8) is 0 Å². The molecular weight excluding hydrogens is 248 g/mol. The number of rotatable bonds is 5. The number of hydrogen-bond donors (Lipinski definition) is 3. The van der Waals surface area contributed by atoms with E-state index in [1.165, 1.54) is 0 Å². The van der Waals surface area contributed by atoms with Crippen molar-refractivity contribution in [2.45, 2.75) is 25.2 Å². The van der Waals surface area contributed by atoms with Crippen LogP contribution in [0.4, 0.5) is 4.79 Å². The highest BCUT2D eigenvalue weighted by Gasteiger charge is 2.31. The van der Waals surface area contributed by atoms with Crippen LogP contribution in [-0.2, 0) is 4.79 Å². The van der Waals surface area contributed by atoms with E-state index < -0.39 is 26.1 Å². The first-order valence-corrected chi connectivity index (χ1v) is 8.88. The predicted octanol–water partition coefficient (Wildman–Crippen LogP) is 0.724. The Balaban J connectivity index is 2.85. The summed E-state index contributed by atoms with van der Waals surface area (Å²) in [6.07, 6.45) is 0. The third-order valence-corrected chi connectivity index (χ3v) is 6.21. The van der Waals surface area contributed by atoms with Gasteiger partial charge in [0.25, 0.3) is 0 Å². The van der Waals surface area contributed by atoms with Crippen LogP contribution in [-0.4, -0.2) is 31.2 Å². The highest BCUT2D eigenvalue weighted by atomic mass is 28.3. The number of aliphatic carboxylic acids is 1. The van der Waals surface area contributed by atoms with Crippen LogP contribution in [0.25, 0.3) is 0 Å². The maximum absolute atomic E-state index is 11.1. The molecule has 2 amide bonds. The topological polar surface area (TPSA) is 92.4 Å². The summed E-state index contributed by atoms with van der Waals surface area (Å²) in [5.74, 6) is -1.05. The molecule has 0 saturated carbocycles. The minimum Gasteiger partial charge on any atom is -0.480 e. The second-order valence-electron chi connectivity index (χ2n) is 4.85. The number of carbonyl (C=O) groups is 2. The van der Waals surface area contributed by atoms with Gasteiger partial charge in [-0.25, -0.2) is 4.79 Å². The summed E-state index contributed by atoms with van der Waals surface area (Å²) in [4.78, 5) is 21.9. The summed E-state index contributed by atoms with van der Waals surface area (Å²) in [5, 5.41) is 12.5. The Morgan fingerprint density at radius 2 is 1.89 bits per heavy atom. The number of urea groups is 1. The number of carbonyl (C=O) groups excluding carboxylic acids is 1. The van der Waals surface area contributed by atoms with Gasteiger partial charge in [0.15, 0.2) is 0 Å². The van der Waals surface area contributed by atoms with Crippen molar-refractivity contribution in [2.75, 3.05) is 0 Å². The molecule has 0 spiro atoms. The maximum atomic E-state index is 11.1. The normalized spacial score (nSPS) is 12.8. The van der Waals surface area contributed by atoms with E-state index in [0.717, 1.165) is 5.19 Å². The fourth-order valence-corrected chi connectivity index (χ4v) is 4.52. The van der Waals surface area contributed by atoms with Gasteiger partial charge in [0, 0.05) is 0 Å². The van der Waals surface area contributed by atoms with E-state index in [-0.39, 0.29) is 0 Å². The molecule has 6 heteroatoms. The van der Waals surface area contributed by atoms with Gasteiger partial charge in [0.2, 0.25) is 0 Å². The van der Waals surface area contributed by atoms with Crippen LogP contribution >= 0.6 is 0 Å². The summed E-state index contributed by atoms with van der Waals surface area (Å²) < 4.78 is 0. The Kier molecular flexibility index (Phi) is 4.49. The molecule has 4 N–H and O–H groups in total. The third kappa shape index (κ3) is 3.88. The lowest BCUT2D eigenvalue weighted by atomic mass is 10.3. The Hall–Kier alpha value is -1.82. The second-order valence-corrected chi connectivity index (χ2v) is 9.61. The molecule has 0 aliphatic heterocycles. The Labute approximate surface area is 107 Å². The first kappa shape index (κ1) is 14.2. The number of benzene rings is 1. The van der Waals surface area contributed by atoms with E-state index in [1.54, 1.807) is 0 Å². The van der Waals surface area contributed by atoms with Crippen LogP contribution in [0.3, 0.4) is 0 Å². The Morgan fingerprint density at radius 1 is 1.33 bits per heavy atom. The van der Waals surface area contributed by atoms with E-state index in [2.05, 4.69) is 18.4 Å². The molecule has 1 aromatic carbocycles. The quantitative estimate of drug-likeness (QED) is 0.686. The van der Waals surface area contributed by atoms with Gasteiger partial charge < -0.3 is 16.2 Å². The molecule has 5 nitrogen and oxygen atoms in total. The van der Waals surface area contributed by atoms with Crippen molar-refractivity contribution in [2.24, 2.45) is 5.73 Å². The van der Waals surface area contributed by atoms with Gasteiger partial charge in [-0.3, -0.25) is 4.79 Å².